The molecule has 0 aromatic heterocycles. The van der Waals surface area contributed by atoms with E-state index in [0.717, 1.165) is 51.6 Å². The first kappa shape index (κ1) is 17.6. The fourth-order valence-corrected chi connectivity index (χ4v) is 3.58. The van der Waals surface area contributed by atoms with Crippen LogP contribution >= 0.6 is 0 Å². The van der Waals surface area contributed by atoms with Gasteiger partial charge in [0.2, 0.25) is 0 Å². The highest BCUT2D eigenvalue weighted by Crippen LogP contribution is 2.25. The summed E-state index contributed by atoms with van der Waals surface area (Å²) in [6.07, 6.45) is 7.33. The summed E-state index contributed by atoms with van der Waals surface area (Å²) in [4.78, 5) is 40.9. The van der Waals surface area contributed by atoms with E-state index < -0.39 is 0 Å². The molecule has 2 aliphatic rings. The van der Waals surface area contributed by atoms with Gasteiger partial charge < -0.3 is 4.90 Å². The number of fused-ring (bicyclic) bond motifs is 1. The molecule has 0 saturated carbocycles. The summed E-state index contributed by atoms with van der Waals surface area (Å²) in [5.41, 5.74) is 1.31. The number of hydrogen-bond acceptors (Lipinski definition) is 3. The van der Waals surface area contributed by atoms with Gasteiger partial charge in [-0.1, -0.05) is 32.6 Å². The maximum Gasteiger partial charge on any atom is 0.261 e. The van der Waals surface area contributed by atoms with E-state index in [1.54, 1.807) is 18.2 Å². The quantitative estimate of drug-likeness (QED) is 0.787. The molecule has 134 valence electrons. The molecule has 2 heterocycles. The molecule has 1 fully saturated rings. The Morgan fingerprint density at radius 1 is 0.960 bits per heavy atom. The molecule has 5 heteroatoms. The molecule has 0 unspecified atom stereocenters. The van der Waals surface area contributed by atoms with Crippen LogP contribution in [0.4, 0.5) is 0 Å². The maximum absolute atomic E-state index is 12.8. The number of carbonyl (C=O) groups is 3. The van der Waals surface area contributed by atoms with Crippen LogP contribution in [0.25, 0.3) is 0 Å². The molecule has 25 heavy (non-hydrogen) atoms. The van der Waals surface area contributed by atoms with Gasteiger partial charge in [0.05, 0.1) is 11.1 Å². The van der Waals surface area contributed by atoms with Crippen molar-refractivity contribution in [1.29, 1.82) is 0 Å². The van der Waals surface area contributed by atoms with Crippen molar-refractivity contribution in [2.45, 2.75) is 51.9 Å². The summed E-state index contributed by atoms with van der Waals surface area (Å²) in [6.45, 7) is 4.01. The molecule has 0 aliphatic carbocycles. The molecule has 1 saturated heterocycles. The van der Waals surface area contributed by atoms with Crippen molar-refractivity contribution in [3.05, 3.63) is 34.9 Å². The van der Waals surface area contributed by atoms with Crippen molar-refractivity contribution in [2.24, 2.45) is 0 Å². The van der Waals surface area contributed by atoms with E-state index in [-0.39, 0.29) is 17.7 Å². The van der Waals surface area contributed by atoms with E-state index in [1.807, 2.05) is 11.8 Å². The lowest BCUT2D eigenvalue weighted by atomic mass is 10.0. The third-order valence-corrected chi connectivity index (χ3v) is 5.10. The zero-order chi connectivity index (χ0) is 17.8. The molecule has 3 amide bonds. The zero-order valence-electron chi connectivity index (χ0n) is 14.9. The van der Waals surface area contributed by atoms with Crippen molar-refractivity contribution < 1.29 is 14.4 Å². The molecule has 0 bridgehead atoms. The van der Waals surface area contributed by atoms with Crippen molar-refractivity contribution in [1.82, 2.24) is 9.80 Å². The molecule has 5 nitrogen and oxygen atoms in total. The lowest BCUT2D eigenvalue weighted by molar-refractivity contribution is 0.0651. The average Bonchev–Trinajstić information content (AvgIpc) is 2.83. The summed E-state index contributed by atoms with van der Waals surface area (Å²) in [7, 11) is 0. The smallest absolute Gasteiger partial charge is 0.261 e. The molecular weight excluding hydrogens is 316 g/mol. The lowest BCUT2D eigenvalue weighted by Gasteiger charge is -2.25. The second-order valence-corrected chi connectivity index (χ2v) is 6.94. The van der Waals surface area contributed by atoms with Gasteiger partial charge in [0.15, 0.2) is 0 Å². The normalized spacial score (nSPS) is 18.1. The molecule has 0 N–H and O–H groups in total. The Balaban J connectivity index is 1.80. The van der Waals surface area contributed by atoms with Crippen molar-refractivity contribution in [3.8, 4) is 0 Å². The van der Waals surface area contributed by atoms with E-state index >= 15 is 0 Å². The van der Waals surface area contributed by atoms with Gasteiger partial charge in [-0.15, -0.1) is 0 Å². The van der Waals surface area contributed by atoms with E-state index in [2.05, 4.69) is 0 Å². The molecule has 2 aliphatic heterocycles. The van der Waals surface area contributed by atoms with Gasteiger partial charge in [0.1, 0.15) is 0 Å². The second kappa shape index (κ2) is 7.81. The van der Waals surface area contributed by atoms with E-state index in [1.165, 1.54) is 11.3 Å². The van der Waals surface area contributed by atoms with Crippen LogP contribution in [0.5, 0.6) is 0 Å². The topological polar surface area (TPSA) is 57.7 Å². The van der Waals surface area contributed by atoms with Crippen LogP contribution in [0.1, 0.15) is 82.9 Å². The Labute approximate surface area is 149 Å². The fraction of sp³-hybridized carbons (Fsp3) is 0.550. The van der Waals surface area contributed by atoms with Crippen molar-refractivity contribution in [2.75, 3.05) is 19.6 Å². The van der Waals surface area contributed by atoms with Gasteiger partial charge in [0, 0.05) is 25.2 Å². The number of hydrogen-bond donors (Lipinski definition) is 0. The minimum Gasteiger partial charge on any atom is -0.339 e. The predicted octanol–water partition coefficient (Wildman–Crippen LogP) is 3.49. The first-order valence-electron chi connectivity index (χ1n) is 9.43. The van der Waals surface area contributed by atoms with Gasteiger partial charge in [0.25, 0.3) is 17.7 Å². The monoisotopic (exact) mass is 342 g/mol. The second-order valence-electron chi connectivity index (χ2n) is 6.94. The third-order valence-electron chi connectivity index (χ3n) is 5.10. The first-order valence-corrected chi connectivity index (χ1v) is 9.43. The van der Waals surface area contributed by atoms with Crippen LogP contribution in [0.2, 0.25) is 0 Å². The van der Waals surface area contributed by atoms with E-state index in [4.69, 9.17) is 0 Å². The Bertz CT molecular complexity index is 676. The highest BCUT2D eigenvalue weighted by molar-refractivity contribution is 6.22. The molecule has 1 aromatic carbocycles. The Hall–Kier alpha value is -2.17. The third kappa shape index (κ3) is 3.60. The van der Waals surface area contributed by atoms with E-state index in [9.17, 15) is 14.4 Å². The van der Waals surface area contributed by atoms with E-state index in [0.29, 0.717) is 23.2 Å². The molecule has 0 atom stereocenters. The largest absolute Gasteiger partial charge is 0.339 e. The van der Waals surface area contributed by atoms with Gasteiger partial charge in [-0.25, -0.2) is 0 Å². The van der Waals surface area contributed by atoms with Crippen LogP contribution in [-0.4, -0.2) is 47.2 Å². The summed E-state index contributed by atoms with van der Waals surface area (Å²) >= 11 is 0. The van der Waals surface area contributed by atoms with Crippen LogP contribution < -0.4 is 0 Å². The number of rotatable bonds is 4. The number of amides is 3. The Kier molecular flexibility index (Phi) is 5.51. The highest BCUT2D eigenvalue weighted by Gasteiger charge is 2.35. The number of carbonyl (C=O) groups excluding carboxylic acids is 3. The fourth-order valence-electron chi connectivity index (χ4n) is 3.58. The number of nitrogens with zero attached hydrogens (tertiary/aromatic N) is 2. The molecular formula is C20H26N2O3. The summed E-state index contributed by atoms with van der Waals surface area (Å²) in [5.74, 6) is -0.536. The summed E-state index contributed by atoms with van der Waals surface area (Å²) < 4.78 is 0. The summed E-state index contributed by atoms with van der Waals surface area (Å²) in [5, 5.41) is 0. The predicted molar refractivity (Wildman–Crippen MR) is 95.7 cm³/mol. The van der Waals surface area contributed by atoms with Gasteiger partial charge in [-0.3, -0.25) is 19.3 Å². The van der Waals surface area contributed by atoms with Crippen LogP contribution in [0, 0.1) is 0 Å². The van der Waals surface area contributed by atoms with Gasteiger partial charge in [-0.2, -0.15) is 0 Å². The molecule has 3 rings (SSSR count). The first-order chi connectivity index (χ1) is 12.1. The maximum atomic E-state index is 12.8. The summed E-state index contributed by atoms with van der Waals surface area (Å²) in [6, 6.07) is 4.94. The number of imide groups is 1. The molecule has 1 aromatic rings. The minimum atomic E-state index is -0.268. The highest BCUT2D eigenvalue weighted by atomic mass is 16.2. The van der Waals surface area contributed by atoms with Crippen LogP contribution in [0.3, 0.4) is 0 Å². The van der Waals surface area contributed by atoms with Crippen LogP contribution in [0.15, 0.2) is 18.2 Å². The Morgan fingerprint density at radius 2 is 1.60 bits per heavy atom. The minimum absolute atomic E-state index is 0.0306. The lowest BCUT2D eigenvalue weighted by Crippen LogP contribution is -2.34. The number of benzene rings is 1. The van der Waals surface area contributed by atoms with Gasteiger partial charge in [-0.05, 0) is 37.5 Å². The van der Waals surface area contributed by atoms with Crippen molar-refractivity contribution >= 4 is 17.7 Å². The number of unbranched alkanes of at least 4 members (excludes halogenated alkanes) is 1. The standard InChI is InChI=1S/C20H26N2O3/c1-2-3-13-22-19(24)16-10-9-15(14-17(16)20(22)25)18(23)21-11-7-5-4-6-8-12-21/h9-10,14H,2-8,11-13H2,1H3. The SMILES string of the molecule is CCCCN1C(=O)c2ccc(C(=O)N3CCCCCCC3)cc2C1=O. The van der Waals surface area contributed by atoms with Crippen molar-refractivity contribution in [3.63, 3.8) is 0 Å². The van der Waals surface area contributed by atoms with Crippen LogP contribution in [-0.2, 0) is 0 Å². The Morgan fingerprint density at radius 3 is 2.28 bits per heavy atom. The number of likely N-dealkylation sites (tertiary alicyclic amines) is 1. The molecule has 0 radical (unpaired) electrons. The van der Waals surface area contributed by atoms with Gasteiger partial charge >= 0.3 is 0 Å². The zero-order valence-corrected chi connectivity index (χ0v) is 14.9. The molecule has 0 spiro atoms. The average molecular weight is 342 g/mol.